The van der Waals surface area contributed by atoms with Crippen molar-refractivity contribution in [2.75, 3.05) is 14.2 Å². The lowest BCUT2D eigenvalue weighted by molar-refractivity contribution is 0.0781. The second kappa shape index (κ2) is 6.44. The zero-order valence-electron chi connectivity index (χ0n) is 11.5. The predicted octanol–water partition coefficient (Wildman–Crippen LogP) is 3.62. The Labute approximate surface area is 123 Å². The highest BCUT2D eigenvalue weighted by atomic mass is 35.5. The number of hydrogen-bond donors (Lipinski definition) is 0. The van der Waals surface area contributed by atoms with Crippen LogP contribution in [0, 0.1) is 0 Å². The van der Waals surface area contributed by atoms with Crippen LogP contribution in [0.2, 0.25) is 5.02 Å². The number of methoxy groups -OCH3 is 1. The summed E-state index contributed by atoms with van der Waals surface area (Å²) in [5, 5.41) is 0.667. The molecule has 0 atom stereocenters. The molecule has 0 aliphatic rings. The van der Waals surface area contributed by atoms with Gasteiger partial charge in [0, 0.05) is 18.6 Å². The van der Waals surface area contributed by atoms with E-state index in [0.717, 1.165) is 5.56 Å². The van der Waals surface area contributed by atoms with Crippen molar-refractivity contribution in [1.29, 1.82) is 0 Å². The van der Waals surface area contributed by atoms with Crippen LogP contribution in [0.4, 0.5) is 0 Å². The van der Waals surface area contributed by atoms with Crippen LogP contribution < -0.4 is 4.74 Å². The average Bonchev–Trinajstić information content (AvgIpc) is 2.46. The fraction of sp³-hybridized carbons (Fsp3) is 0.188. The molecule has 1 amide bonds. The molecular formula is C16H16ClNO2. The van der Waals surface area contributed by atoms with Crippen LogP contribution in [0.15, 0.2) is 48.5 Å². The minimum Gasteiger partial charge on any atom is -0.496 e. The highest BCUT2D eigenvalue weighted by Gasteiger charge is 2.16. The zero-order valence-corrected chi connectivity index (χ0v) is 12.2. The maximum Gasteiger partial charge on any atom is 0.257 e. The van der Waals surface area contributed by atoms with E-state index in [9.17, 15) is 4.79 Å². The summed E-state index contributed by atoms with van der Waals surface area (Å²) in [6.45, 7) is 0.497. The number of rotatable bonds is 4. The van der Waals surface area contributed by atoms with Crippen molar-refractivity contribution in [3.8, 4) is 5.75 Å². The van der Waals surface area contributed by atoms with Crippen LogP contribution in [0.25, 0.3) is 0 Å². The lowest BCUT2D eigenvalue weighted by atomic mass is 10.1. The molecule has 20 heavy (non-hydrogen) atoms. The molecule has 4 heteroatoms. The van der Waals surface area contributed by atoms with E-state index in [2.05, 4.69) is 0 Å². The van der Waals surface area contributed by atoms with Gasteiger partial charge in [-0.25, -0.2) is 0 Å². The Morgan fingerprint density at radius 1 is 1.20 bits per heavy atom. The largest absolute Gasteiger partial charge is 0.496 e. The number of para-hydroxylation sites is 1. The molecule has 0 unspecified atom stereocenters. The average molecular weight is 290 g/mol. The van der Waals surface area contributed by atoms with E-state index in [1.807, 2.05) is 36.4 Å². The summed E-state index contributed by atoms with van der Waals surface area (Å²) in [4.78, 5) is 14.1. The molecule has 104 valence electrons. The van der Waals surface area contributed by atoms with Crippen molar-refractivity contribution in [3.05, 3.63) is 64.7 Å². The third kappa shape index (κ3) is 3.31. The van der Waals surface area contributed by atoms with E-state index in [1.165, 1.54) is 0 Å². The van der Waals surface area contributed by atoms with E-state index in [1.54, 1.807) is 31.2 Å². The van der Waals surface area contributed by atoms with E-state index < -0.39 is 0 Å². The van der Waals surface area contributed by atoms with Gasteiger partial charge in [-0.3, -0.25) is 4.79 Å². The lowest BCUT2D eigenvalue weighted by Crippen LogP contribution is -2.26. The summed E-state index contributed by atoms with van der Waals surface area (Å²) in [7, 11) is 3.32. The third-order valence-electron chi connectivity index (χ3n) is 2.99. The van der Waals surface area contributed by atoms with Gasteiger partial charge >= 0.3 is 0 Å². The molecule has 0 radical (unpaired) electrons. The number of ether oxygens (including phenoxy) is 1. The number of amides is 1. The van der Waals surface area contributed by atoms with Gasteiger partial charge in [-0.05, 0) is 29.8 Å². The van der Waals surface area contributed by atoms with Gasteiger partial charge in [0.1, 0.15) is 5.75 Å². The Morgan fingerprint density at radius 2 is 1.95 bits per heavy atom. The molecule has 0 saturated carbocycles. The summed E-state index contributed by atoms with van der Waals surface area (Å²) in [5.74, 6) is 0.498. The first-order valence-electron chi connectivity index (χ1n) is 6.24. The topological polar surface area (TPSA) is 29.5 Å². The summed E-state index contributed by atoms with van der Waals surface area (Å²) >= 11 is 5.95. The minimum absolute atomic E-state index is 0.0811. The van der Waals surface area contributed by atoms with Gasteiger partial charge in [-0.15, -0.1) is 0 Å². The standard InChI is InChI=1S/C16H16ClNO2/c1-18(11-12-6-5-7-13(17)10-12)16(19)14-8-3-4-9-15(14)20-2/h3-10H,11H2,1-2H3. The highest BCUT2D eigenvalue weighted by molar-refractivity contribution is 6.30. The Balaban J connectivity index is 2.16. The Morgan fingerprint density at radius 3 is 2.65 bits per heavy atom. The molecule has 0 spiro atoms. The van der Waals surface area contributed by atoms with Crippen molar-refractivity contribution >= 4 is 17.5 Å². The third-order valence-corrected chi connectivity index (χ3v) is 3.23. The normalized spacial score (nSPS) is 10.2. The second-order valence-corrected chi connectivity index (χ2v) is 4.93. The van der Waals surface area contributed by atoms with Crippen LogP contribution in [0.1, 0.15) is 15.9 Å². The Bertz CT molecular complexity index is 613. The summed E-state index contributed by atoms with van der Waals surface area (Å²) < 4.78 is 5.22. The van der Waals surface area contributed by atoms with Gasteiger partial charge in [0.25, 0.3) is 5.91 Å². The van der Waals surface area contributed by atoms with Crippen molar-refractivity contribution in [3.63, 3.8) is 0 Å². The van der Waals surface area contributed by atoms with Crippen LogP contribution >= 0.6 is 11.6 Å². The molecule has 2 aromatic carbocycles. The highest BCUT2D eigenvalue weighted by Crippen LogP contribution is 2.20. The molecule has 0 heterocycles. The number of carbonyl (C=O) groups is 1. The van der Waals surface area contributed by atoms with Gasteiger partial charge in [0.05, 0.1) is 12.7 Å². The fourth-order valence-corrected chi connectivity index (χ4v) is 2.22. The van der Waals surface area contributed by atoms with Crippen LogP contribution in [0.5, 0.6) is 5.75 Å². The maximum atomic E-state index is 12.4. The summed E-state index contributed by atoms with van der Waals surface area (Å²) in [6.07, 6.45) is 0. The van der Waals surface area contributed by atoms with E-state index in [-0.39, 0.29) is 5.91 Å². The summed E-state index contributed by atoms with van der Waals surface area (Å²) in [5.41, 5.74) is 1.54. The van der Waals surface area contributed by atoms with Crippen molar-refractivity contribution in [2.24, 2.45) is 0 Å². The van der Waals surface area contributed by atoms with Gasteiger partial charge in [0.2, 0.25) is 0 Å². The second-order valence-electron chi connectivity index (χ2n) is 4.49. The molecule has 0 saturated heterocycles. The number of carbonyl (C=O) groups excluding carboxylic acids is 1. The monoisotopic (exact) mass is 289 g/mol. The molecule has 0 fully saturated rings. The number of halogens is 1. The molecule has 0 aliphatic carbocycles. The van der Waals surface area contributed by atoms with Crippen LogP contribution in [-0.2, 0) is 6.54 Å². The quantitative estimate of drug-likeness (QED) is 0.860. The SMILES string of the molecule is COc1ccccc1C(=O)N(C)Cc1cccc(Cl)c1. The van der Waals surface area contributed by atoms with Crippen LogP contribution in [-0.4, -0.2) is 25.0 Å². The molecule has 0 aromatic heterocycles. The Hall–Kier alpha value is -2.00. The summed E-state index contributed by atoms with van der Waals surface area (Å²) in [6, 6.07) is 14.7. The van der Waals surface area contributed by atoms with Gasteiger partial charge in [-0.1, -0.05) is 35.9 Å². The first-order chi connectivity index (χ1) is 9.61. The maximum absolute atomic E-state index is 12.4. The molecule has 0 N–H and O–H groups in total. The fourth-order valence-electron chi connectivity index (χ4n) is 2.01. The molecule has 2 aromatic rings. The van der Waals surface area contributed by atoms with Gasteiger partial charge < -0.3 is 9.64 Å². The molecule has 0 aliphatic heterocycles. The smallest absolute Gasteiger partial charge is 0.257 e. The lowest BCUT2D eigenvalue weighted by Gasteiger charge is -2.18. The van der Waals surface area contributed by atoms with Crippen molar-refractivity contribution in [2.45, 2.75) is 6.54 Å². The number of nitrogens with zero attached hydrogens (tertiary/aromatic N) is 1. The van der Waals surface area contributed by atoms with E-state index in [4.69, 9.17) is 16.3 Å². The van der Waals surface area contributed by atoms with Gasteiger partial charge in [-0.2, -0.15) is 0 Å². The number of benzene rings is 2. The van der Waals surface area contributed by atoms with Crippen molar-refractivity contribution < 1.29 is 9.53 Å². The zero-order chi connectivity index (χ0) is 14.5. The molecule has 0 bridgehead atoms. The van der Waals surface area contributed by atoms with E-state index >= 15 is 0 Å². The molecule has 2 rings (SSSR count). The molecule has 3 nitrogen and oxygen atoms in total. The predicted molar refractivity (Wildman–Crippen MR) is 80.2 cm³/mol. The Kier molecular flexibility index (Phi) is 4.64. The van der Waals surface area contributed by atoms with Crippen LogP contribution in [0.3, 0.4) is 0 Å². The van der Waals surface area contributed by atoms with Crippen molar-refractivity contribution in [1.82, 2.24) is 4.90 Å². The first kappa shape index (κ1) is 14.4. The number of hydrogen-bond acceptors (Lipinski definition) is 2. The first-order valence-corrected chi connectivity index (χ1v) is 6.62. The minimum atomic E-state index is -0.0811. The van der Waals surface area contributed by atoms with E-state index in [0.29, 0.717) is 22.9 Å². The molecular weight excluding hydrogens is 274 g/mol. The van der Waals surface area contributed by atoms with Gasteiger partial charge in [0.15, 0.2) is 0 Å².